The van der Waals surface area contributed by atoms with E-state index in [9.17, 15) is 0 Å². The first-order valence-corrected chi connectivity index (χ1v) is 5.09. The highest BCUT2D eigenvalue weighted by molar-refractivity contribution is 5.19. The lowest BCUT2D eigenvalue weighted by Gasteiger charge is -2.18. The van der Waals surface area contributed by atoms with Crippen LogP contribution in [0, 0.1) is 0 Å². The highest BCUT2D eigenvalue weighted by Crippen LogP contribution is 2.31. The van der Waals surface area contributed by atoms with E-state index in [1.165, 1.54) is 5.56 Å². The summed E-state index contributed by atoms with van der Waals surface area (Å²) in [6, 6.07) is 10.3. The molecule has 1 aromatic rings. The van der Waals surface area contributed by atoms with Crippen LogP contribution >= 0.6 is 0 Å². The Labute approximate surface area is 84.8 Å². The minimum Gasteiger partial charge on any atom is -0.370 e. The SMILES string of the molecule is CC(C)OC(c1ccccc1)C1CO1. The van der Waals surface area contributed by atoms with E-state index in [1.54, 1.807) is 0 Å². The fourth-order valence-corrected chi connectivity index (χ4v) is 1.55. The number of hydrogen-bond acceptors (Lipinski definition) is 2. The van der Waals surface area contributed by atoms with Gasteiger partial charge < -0.3 is 9.47 Å². The number of rotatable bonds is 4. The first-order valence-electron chi connectivity index (χ1n) is 5.09. The van der Waals surface area contributed by atoms with E-state index in [1.807, 2.05) is 18.2 Å². The molecular formula is C12H16O2. The van der Waals surface area contributed by atoms with E-state index in [4.69, 9.17) is 9.47 Å². The molecule has 1 saturated heterocycles. The molecule has 76 valence electrons. The van der Waals surface area contributed by atoms with Crippen molar-refractivity contribution in [2.45, 2.75) is 32.2 Å². The van der Waals surface area contributed by atoms with E-state index < -0.39 is 0 Å². The van der Waals surface area contributed by atoms with Crippen LogP contribution in [0.2, 0.25) is 0 Å². The Bertz CT molecular complexity index is 278. The van der Waals surface area contributed by atoms with E-state index >= 15 is 0 Å². The molecule has 0 radical (unpaired) electrons. The van der Waals surface area contributed by atoms with Crippen LogP contribution < -0.4 is 0 Å². The molecule has 1 aliphatic heterocycles. The Balaban J connectivity index is 2.10. The Morgan fingerprint density at radius 2 is 1.93 bits per heavy atom. The van der Waals surface area contributed by atoms with Gasteiger partial charge in [-0.3, -0.25) is 0 Å². The average Bonchev–Trinajstić information content (AvgIpc) is 2.99. The second-order valence-electron chi connectivity index (χ2n) is 3.89. The van der Waals surface area contributed by atoms with Crippen LogP contribution in [0.25, 0.3) is 0 Å². The molecular weight excluding hydrogens is 176 g/mol. The molecule has 2 unspecified atom stereocenters. The van der Waals surface area contributed by atoms with Gasteiger partial charge in [-0.15, -0.1) is 0 Å². The van der Waals surface area contributed by atoms with Crippen LogP contribution in [-0.2, 0) is 9.47 Å². The quantitative estimate of drug-likeness (QED) is 0.684. The molecule has 0 aromatic heterocycles. The van der Waals surface area contributed by atoms with Gasteiger partial charge in [0.05, 0.1) is 12.7 Å². The molecule has 0 amide bonds. The summed E-state index contributed by atoms with van der Waals surface area (Å²) >= 11 is 0. The Hall–Kier alpha value is -0.860. The zero-order valence-electron chi connectivity index (χ0n) is 8.64. The van der Waals surface area contributed by atoms with E-state index in [2.05, 4.69) is 26.0 Å². The molecule has 2 atom stereocenters. The van der Waals surface area contributed by atoms with E-state index in [0.717, 1.165) is 6.61 Å². The molecule has 1 heterocycles. The number of epoxide rings is 1. The van der Waals surface area contributed by atoms with Gasteiger partial charge in [-0.25, -0.2) is 0 Å². The van der Waals surface area contributed by atoms with Crippen molar-refractivity contribution in [3.63, 3.8) is 0 Å². The highest BCUT2D eigenvalue weighted by Gasteiger charge is 2.35. The zero-order chi connectivity index (χ0) is 9.97. The minimum atomic E-state index is 0.108. The van der Waals surface area contributed by atoms with Crippen LogP contribution in [0.15, 0.2) is 30.3 Å². The van der Waals surface area contributed by atoms with Gasteiger partial charge in [0.1, 0.15) is 12.2 Å². The fourth-order valence-electron chi connectivity index (χ4n) is 1.55. The molecule has 2 rings (SSSR count). The maximum Gasteiger partial charge on any atom is 0.111 e. The normalized spacial score (nSPS) is 22.4. The zero-order valence-corrected chi connectivity index (χ0v) is 8.64. The lowest BCUT2D eigenvalue weighted by atomic mass is 10.1. The monoisotopic (exact) mass is 192 g/mol. The first kappa shape index (κ1) is 9.69. The van der Waals surface area contributed by atoms with Crippen molar-refractivity contribution < 1.29 is 9.47 Å². The maximum atomic E-state index is 5.84. The summed E-state index contributed by atoms with van der Waals surface area (Å²) in [6.45, 7) is 4.93. The molecule has 1 fully saturated rings. The van der Waals surface area contributed by atoms with Gasteiger partial charge in [0.15, 0.2) is 0 Å². The third-order valence-electron chi connectivity index (χ3n) is 2.24. The van der Waals surface area contributed by atoms with Gasteiger partial charge in [0.25, 0.3) is 0 Å². The summed E-state index contributed by atoms with van der Waals surface area (Å²) in [7, 11) is 0. The van der Waals surface area contributed by atoms with Gasteiger partial charge >= 0.3 is 0 Å². The van der Waals surface area contributed by atoms with Gasteiger partial charge in [0, 0.05) is 0 Å². The van der Waals surface area contributed by atoms with Crippen LogP contribution in [0.1, 0.15) is 25.5 Å². The molecule has 0 bridgehead atoms. The second kappa shape index (κ2) is 4.11. The molecule has 0 spiro atoms. The van der Waals surface area contributed by atoms with Gasteiger partial charge in [0.2, 0.25) is 0 Å². The third kappa shape index (κ3) is 2.34. The lowest BCUT2D eigenvalue weighted by molar-refractivity contribution is -0.00929. The summed E-state index contributed by atoms with van der Waals surface area (Å²) in [5.41, 5.74) is 1.21. The summed E-state index contributed by atoms with van der Waals surface area (Å²) in [6.07, 6.45) is 0.611. The summed E-state index contributed by atoms with van der Waals surface area (Å²) in [5.74, 6) is 0. The maximum absolute atomic E-state index is 5.84. The second-order valence-corrected chi connectivity index (χ2v) is 3.89. The van der Waals surface area contributed by atoms with Gasteiger partial charge in [-0.05, 0) is 19.4 Å². The Morgan fingerprint density at radius 1 is 1.29 bits per heavy atom. The third-order valence-corrected chi connectivity index (χ3v) is 2.24. The minimum absolute atomic E-state index is 0.108. The molecule has 1 aliphatic rings. The molecule has 0 N–H and O–H groups in total. The predicted molar refractivity (Wildman–Crippen MR) is 55.1 cm³/mol. The standard InChI is InChI=1S/C12H16O2/c1-9(2)14-12(11-8-13-11)10-6-4-3-5-7-10/h3-7,9,11-12H,8H2,1-2H3. The summed E-state index contributed by atoms with van der Waals surface area (Å²) < 4.78 is 11.1. The van der Waals surface area contributed by atoms with Crippen LogP contribution in [0.3, 0.4) is 0 Å². The number of benzene rings is 1. The summed E-state index contributed by atoms with van der Waals surface area (Å²) in [5, 5.41) is 0. The molecule has 14 heavy (non-hydrogen) atoms. The van der Waals surface area contributed by atoms with Crippen molar-refractivity contribution in [3.8, 4) is 0 Å². The Morgan fingerprint density at radius 3 is 2.43 bits per heavy atom. The van der Waals surface area contributed by atoms with Gasteiger partial charge in [-0.2, -0.15) is 0 Å². The van der Waals surface area contributed by atoms with Crippen molar-refractivity contribution in [1.29, 1.82) is 0 Å². The van der Waals surface area contributed by atoms with Crippen molar-refractivity contribution >= 4 is 0 Å². The smallest absolute Gasteiger partial charge is 0.111 e. The molecule has 1 aromatic carbocycles. The predicted octanol–water partition coefficient (Wildman–Crippen LogP) is 2.55. The van der Waals surface area contributed by atoms with Crippen molar-refractivity contribution in [1.82, 2.24) is 0 Å². The molecule has 0 saturated carbocycles. The topological polar surface area (TPSA) is 21.8 Å². The van der Waals surface area contributed by atoms with Crippen LogP contribution in [-0.4, -0.2) is 18.8 Å². The van der Waals surface area contributed by atoms with E-state index in [-0.39, 0.29) is 18.3 Å². The van der Waals surface area contributed by atoms with Crippen molar-refractivity contribution in [2.24, 2.45) is 0 Å². The highest BCUT2D eigenvalue weighted by atomic mass is 16.6. The molecule has 2 nitrogen and oxygen atoms in total. The molecule has 0 aliphatic carbocycles. The average molecular weight is 192 g/mol. The lowest BCUT2D eigenvalue weighted by Crippen LogP contribution is -2.15. The Kier molecular flexibility index (Phi) is 2.85. The van der Waals surface area contributed by atoms with Crippen molar-refractivity contribution in [3.05, 3.63) is 35.9 Å². The fraction of sp³-hybridized carbons (Fsp3) is 0.500. The van der Waals surface area contributed by atoms with Gasteiger partial charge in [-0.1, -0.05) is 30.3 Å². The van der Waals surface area contributed by atoms with Crippen LogP contribution in [0.4, 0.5) is 0 Å². The van der Waals surface area contributed by atoms with Crippen LogP contribution in [0.5, 0.6) is 0 Å². The summed E-state index contributed by atoms with van der Waals surface area (Å²) in [4.78, 5) is 0. The molecule has 2 heteroatoms. The largest absolute Gasteiger partial charge is 0.370 e. The van der Waals surface area contributed by atoms with E-state index in [0.29, 0.717) is 0 Å². The number of ether oxygens (including phenoxy) is 2. The van der Waals surface area contributed by atoms with Crippen molar-refractivity contribution in [2.75, 3.05) is 6.61 Å². The number of hydrogen-bond donors (Lipinski definition) is 0. The first-order chi connectivity index (χ1) is 6.77.